The molecule has 0 aliphatic heterocycles. The van der Waals surface area contributed by atoms with Crippen LogP contribution in [0.4, 0.5) is 18.9 Å². The number of hydrogen-bond acceptors (Lipinski definition) is 4. The SMILES string of the molecule is COc1cc(/C=C/C(=O)N(CCC(N)=O)c2ccc(F)cc2)ccc1OC(F)F. The second kappa shape index (κ2) is 10.2. The Hall–Kier alpha value is -3.49. The molecule has 0 heterocycles. The lowest BCUT2D eigenvalue weighted by molar-refractivity contribution is -0.118. The maximum Gasteiger partial charge on any atom is 0.387 e. The first-order valence-electron chi connectivity index (χ1n) is 8.46. The number of nitrogens with zero attached hydrogens (tertiary/aromatic N) is 1. The number of methoxy groups -OCH3 is 1. The van der Waals surface area contributed by atoms with E-state index < -0.39 is 24.2 Å². The van der Waals surface area contributed by atoms with Gasteiger partial charge in [-0.3, -0.25) is 9.59 Å². The van der Waals surface area contributed by atoms with Crippen molar-refractivity contribution in [1.82, 2.24) is 0 Å². The van der Waals surface area contributed by atoms with Gasteiger partial charge in [-0.25, -0.2) is 4.39 Å². The molecule has 0 radical (unpaired) electrons. The summed E-state index contributed by atoms with van der Waals surface area (Å²) in [6.45, 7) is -2.99. The van der Waals surface area contributed by atoms with E-state index in [0.717, 1.165) is 0 Å². The van der Waals surface area contributed by atoms with Crippen LogP contribution in [0, 0.1) is 5.82 Å². The van der Waals surface area contributed by atoms with Crippen LogP contribution in [-0.2, 0) is 9.59 Å². The highest BCUT2D eigenvalue weighted by atomic mass is 19.3. The van der Waals surface area contributed by atoms with E-state index in [0.29, 0.717) is 11.3 Å². The van der Waals surface area contributed by atoms with Crippen LogP contribution in [0.15, 0.2) is 48.5 Å². The third-order valence-electron chi connectivity index (χ3n) is 3.81. The number of primary amides is 1. The van der Waals surface area contributed by atoms with Gasteiger partial charge in [0.2, 0.25) is 5.91 Å². The Bertz CT molecular complexity index is 886. The standard InChI is InChI=1S/C20H19F3N2O4/c1-28-17-12-13(2-8-16(17)29-20(22)23)3-9-19(27)25(11-10-18(24)26)15-6-4-14(21)5-7-15/h2-9,12,20H,10-11H2,1H3,(H2,24,26)/b9-3+. The number of carbonyl (C=O) groups excluding carboxylic acids is 2. The van der Waals surface area contributed by atoms with Gasteiger partial charge in [0.1, 0.15) is 5.82 Å². The quantitative estimate of drug-likeness (QED) is 0.645. The number of benzene rings is 2. The molecular weight excluding hydrogens is 389 g/mol. The first-order valence-corrected chi connectivity index (χ1v) is 8.46. The summed E-state index contributed by atoms with van der Waals surface area (Å²) >= 11 is 0. The van der Waals surface area contributed by atoms with Crippen molar-refractivity contribution in [2.75, 3.05) is 18.6 Å². The number of rotatable bonds is 9. The minimum absolute atomic E-state index is 0.00856. The maximum absolute atomic E-state index is 13.2. The Balaban J connectivity index is 2.22. The van der Waals surface area contributed by atoms with Crippen molar-refractivity contribution < 1.29 is 32.2 Å². The van der Waals surface area contributed by atoms with Crippen LogP contribution in [0.2, 0.25) is 0 Å². The first kappa shape index (κ1) is 21.8. The van der Waals surface area contributed by atoms with Gasteiger partial charge in [0.25, 0.3) is 5.91 Å². The van der Waals surface area contributed by atoms with Crippen LogP contribution >= 0.6 is 0 Å². The minimum atomic E-state index is -3.00. The lowest BCUT2D eigenvalue weighted by atomic mass is 10.1. The molecule has 9 heteroatoms. The third kappa shape index (κ3) is 6.56. The molecule has 0 aliphatic carbocycles. The number of nitrogens with two attached hydrogens (primary N) is 1. The summed E-state index contributed by atoms with van der Waals surface area (Å²) in [5, 5.41) is 0. The van der Waals surface area contributed by atoms with E-state index in [1.807, 2.05) is 0 Å². The Labute approximate surface area is 165 Å². The monoisotopic (exact) mass is 408 g/mol. The van der Waals surface area contributed by atoms with Gasteiger partial charge in [0.05, 0.1) is 7.11 Å². The van der Waals surface area contributed by atoms with Gasteiger partial charge >= 0.3 is 6.61 Å². The summed E-state index contributed by atoms with van der Waals surface area (Å²) in [7, 11) is 1.30. The summed E-state index contributed by atoms with van der Waals surface area (Å²) in [5.41, 5.74) is 6.04. The maximum atomic E-state index is 13.2. The zero-order chi connectivity index (χ0) is 21.4. The molecule has 0 atom stereocenters. The van der Waals surface area contributed by atoms with Crippen molar-refractivity contribution in [2.24, 2.45) is 5.73 Å². The molecular formula is C20H19F3N2O4. The van der Waals surface area contributed by atoms with Crippen molar-refractivity contribution >= 4 is 23.6 Å². The van der Waals surface area contributed by atoms with Gasteiger partial charge in [-0.15, -0.1) is 0 Å². The summed E-state index contributed by atoms with van der Waals surface area (Å²) in [6, 6.07) is 9.37. The number of halogens is 3. The highest BCUT2D eigenvalue weighted by Crippen LogP contribution is 2.30. The number of anilines is 1. The summed E-state index contributed by atoms with van der Waals surface area (Å²) < 4.78 is 47.3. The van der Waals surface area contributed by atoms with Crippen LogP contribution in [0.5, 0.6) is 11.5 Å². The van der Waals surface area contributed by atoms with Crippen molar-refractivity contribution in [3.05, 3.63) is 59.9 Å². The van der Waals surface area contributed by atoms with Gasteiger partial charge in [-0.05, 0) is 48.0 Å². The van der Waals surface area contributed by atoms with Crippen LogP contribution in [0.25, 0.3) is 6.08 Å². The largest absolute Gasteiger partial charge is 0.493 e. The molecule has 0 aromatic heterocycles. The fourth-order valence-corrected chi connectivity index (χ4v) is 2.45. The molecule has 29 heavy (non-hydrogen) atoms. The van der Waals surface area contributed by atoms with Crippen LogP contribution in [0.1, 0.15) is 12.0 Å². The van der Waals surface area contributed by atoms with Crippen molar-refractivity contribution in [3.8, 4) is 11.5 Å². The highest BCUT2D eigenvalue weighted by Gasteiger charge is 2.15. The lowest BCUT2D eigenvalue weighted by Gasteiger charge is -2.20. The van der Waals surface area contributed by atoms with E-state index in [9.17, 15) is 22.8 Å². The molecule has 154 valence electrons. The zero-order valence-corrected chi connectivity index (χ0v) is 15.5. The molecule has 0 spiro atoms. The molecule has 2 amide bonds. The second-order valence-corrected chi connectivity index (χ2v) is 5.80. The fraction of sp³-hybridized carbons (Fsp3) is 0.200. The zero-order valence-electron chi connectivity index (χ0n) is 15.5. The number of alkyl halides is 2. The Morgan fingerprint density at radius 2 is 1.83 bits per heavy atom. The molecule has 0 aliphatic rings. The predicted octanol–water partition coefficient (Wildman–Crippen LogP) is 3.36. The van der Waals surface area contributed by atoms with E-state index in [2.05, 4.69) is 4.74 Å². The molecule has 2 aromatic rings. The number of amides is 2. The van der Waals surface area contributed by atoms with Crippen molar-refractivity contribution in [1.29, 1.82) is 0 Å². The normalized spacial score (nSPS) is 10.9. The Morgan fingerprint density at radius 3 is 2.41 bits per heavy atom. The van der Waals surface area contributed by atoms with Crippen molar-refractivity contribution in [3.63, 3.8) is 0 Å². The van der Waals surface area contributed by atoms with E-state index in [4.69, 9.17) is 10.5 Å². The van der Waals surface area contributed by atoms with E-state index in [1.165, 1.54) is 66.6 Å². The molecule has 0 unspecified atom stereocenters. The van der Waals surface area contributed by atoms with Gasteiger partial charge in [-0.1, -0.05) is 6.07 Å². The van der Waals surface area contributed by atoms with Gasteiger partial charge in [-0.2, -0.15) is 8.78 Å². The molecule has 0 bridgehead atoms. The predicted molar refractivity (Wildman–Crippen MR) is 101 cm³/mol. The molecule has 0 fully saturated rings. The summed E-state index contributed by atoms with van der Waals surface area (Å²) in [6.07, 6.45) is 2.59. The Kier molecular flexibility index (Phi) is 7.64. The lowest BCUT2D eigenvalue weighted by Crippen LogP contribution is -2.32. The minimum Gasteiger partial charge on any atom is -0.493 e. The van der Waals surface area contributed by atoms with Crippen LogP contribution in [0.3, 0.4) is 0 Å². The fourth-order valence-electron chi connectivity index (χ4n) is 2.45. The van der Waals surface area contributed by atoms with Gasteiger partial charge < -0.3 is 20.1 Å². The molecule has 2 N–H and O–H groups in total. The second-order valence-electron chi connectivity index (χ2n) is 5.80. The van der Waals surface area contributed by atoms with Gasteiger partial charge in [0, 0.05) is 24.7 Å². The number of ether oxygens (including phenoxy) is 2. The topological polar surface area (TPSA) is 81.9 Å². The van der Waals surface area contributed by atoms with E-state index in [-0.39, 0.29) is 24.5 Å². The molecule has 0 saturated heterocycles. The summed E-state index contributed by atoms with van der Waals surface area (Å²) in [5.74, 6) is -1.60. The number of carbonyl (C=O) groups is 2. The first-order chi connectivity index (χ1) is 13.8. The molecule has 0 saturated carbocycles. The van der Waals surface area contributed by atoms with Crippen LogP contribution in [-0.4, -0.2) is 32.1 Å². The van der Waals surface area contributed by atoms with Crippen molar-refractivity contribution in [2.45, 2.75) is 13.0 Å². The van der Waals surface area contributed by atoms with E-state index in [1.54, 1.807) is 0 Å². The number of hydrogen-bond donors (Lipinski definition) is 1. The molecule has 2 aromatic carbocycles. The molecule has 6 nitrogen and oxygen atoms in total. The van der Waals surface area contributed by atoms with Crippen LogP contribution < -0.4 is 20.1 Å². The smallest absolute Gasteiger partial charge is 0.387 e. The Morgan fingerprint density at radius 1 is 1.14 bits per heavy atom. The third-order valence-corrected chi connectivity index (χ3v) is 3.81. The van der Waals surface area contributed by atoms with Gasteiger partial charge in [0.15, 0.2) is 11.5 Å². The average molecular weight is 408 g/mol. The summed E-state index contributed by atoms with van der Waals surface area (Å²) in [4.78, 5) is 25.0. The highest BCUT2D eigenvalue weighted by molar-refractivity contribution is 6.04. The molecule has 2 rings (SSSR count). The van der Waals surface area contributed by atoms with E-state index >= 15 is 0 Å². The average Bonchev–Trinajstić information content (AvgIpc) is 2.68.